The molecule has 0 fully saturated rings. The highest BCUT2D eigenvalue weighted by atomic mass is 79.9. The number of rotatable bonds is 5. The van der Waals surface area contributed by atoms with E-state index in [4.69, 9.17) is 11.6 Å². The van der Waals surface area contributed by atoms with E-state index >= 15 is 0 Å². The van der Waals surface area contributed by atoms with Crippen molar-refractivity contribution in [3.8, 4) is 0 Å². The van der Waals surface area contributed by atoms with Crippen LogP contribution in [0.15, 0.2) is 35.2 Å². The van der Waals surface area contributed by atoms with Crippen molar-refractivity contribution >= 4 is 39.4 Å². The van der Waals surface area contributed by atoms with Crippen LogP contribution in [0.1, 0.15) is 11.3 Å². The number of benzene rings is 1. The molecule has 130 valence electrons. The highest BCUT2D eigenvalue weighted by Gasteiger charge is 2.12. The van der Waals surface area contributed by atoms with Gasteiger partial charge < -0.3 is 0 Å². The highest BCUT2D eigenvalue weighted by Crippen LogP contribution is 2.20. The third-order valence-electron chi connectivity index (χ3n) is 3.36. The number of hydrogen-bond donors (Lipinski definition) is 1. The maximum atomic E-state index is 13.8. The van der Waals surface area contributed by atoms with Crippen molar-refractivity contribution in [1.29, 1.82) is 0 Å². The van der Waals surface area contributed by atoms with Gasteiger partial charge in [0.05, 0.1) is 16.7 Å². The van der Waals surface area contributed by atoms with Crippen LogP contribution < -0.4 is 5.32 Å². The van der Waals surface area contributed by atoms with Gasteiger partial charge in [0.15, 0.2) is 0 Å². The van der Waals surface area contributed by atoms with Crippen molar-refractivity contribution < 1.29 is 9.18 Å². The van der Waals surface area contributed by atoms with Gasteiger partial charge in [-0.05, 0) is 35.0 Å². The van der Waals surface area contributed by atoms with Crippen LogP contribution in [0.5, 0.6) is 0 Å². The lowest BCUT2D eigenvalue weighted by atomic mass is 10.2. The van der Waals surface area contributed by atoms with Gasteiger partial charge in [-0.25, -0.2) is 14.1 Å². The van der Waals surface area contributed by atoms with E-state index < -0.39 is 5.82 Å². The van der Waals surface area contributed by atoms with E-state index in [1.54, 1.807) is 12.3 Å². The van der Waals surface area contributed by atoms with Gasteiger partial charge in [0.2, 0.25) is 11.9 Å². The molecule has 0 aliphatic carbocycles. The second-order valence-corrected chi connectivity index (χ2v) is 6.54. The summed E-state index contributed by atoms with van der Waals surface area (Å²) in [5.74, 6) is -0.620. The van der Waals surface area contributed by atoms with Gasteiger partial charge in [-0.3, -0.25) is 14.8 Å². The fourth-order valence-corrected chi connectivity index (χ4v) is 2.70. The number of aromatic nitrogens is 5. The molecule has 10 heteroatoms. The average Bonchev–Trinajstić information content (AvgIpc) is 3.10. The molecule has 1 amide bonds. The van der Waals surface area contributed by atoms with Crippen LogP contribution >= 0.6 is 27.5 Å². The van der Waals surface area contributed by atoms with E-state index in [1.165, 1.54) is 27.8 Å². The Bertz CT molecular complexity index is 885. The van der Waals surface area contributed by atoms with Gasteiger partial charge in [0, 0.05) is 16.8 Å². The summed E-state index contributed by atoms with van der Waals surface area (Å²) < 4.78 is 17.5. The molecule has 0 saturated heterocycles. The normalized spacial score (nSPS) is 10.9. The Labute approximate surface area is 155 Å². The lowest BCUT2D eigenvalue weighted by molar-refractivity contribution is -0.116. The predicted octanol–water partition coefficient (Wildman–Crippen LogP) is 3.03. The van der Waals surface area contributed by atoms with Crippen molar-refractivity contribution in [1.82, 2.24) is 24.5 Å². The summed E-state index contributed by atoms with van der Waals surface area (Å²) >= 11 is 9.33. The lowest BCUT2D eigenvalue weighted by Gasteiger charge is -2.05. The number of halogens is 3. The first-order valence-corrected chi connectivity index (χ1v) is 8.41. The molecule has 0 unspecified atom stereocenters. The predicted molar refractivity (Wildman–Crippen MR) is 93.8 cm³/mol. The Morgan fingerprint density at radius 3 is 2.84 bits per heavy atom. The highest BCUT2D eigenvalue weighted by molar-refractivity contribution is 9.10. The van der Waals surface area contributed by atoms with E-state index in [9.17, 15) is 9.18 Å². The Morgan fingerprint density at radius 2 is 2.16 bits per heavy atom. The van der Waals surface area contributed by atoms with Gasteiger partial charge in [-0.15, -0.1) is 5.10 Å². The minimum absolute atomic E-state index is 0.0279. The Morgan fingerprint density at radius 1 is 1.36 bits per heavy atom. The molecule has 0 spiro atoms. The topological polar surface area (TPSA) is 77.6 Å². The molecule has 3 rings (SSSR count). The SMILES string of the molecule is Cc1nn(CC(=O)Nc2ncn(Cc3c(F)cccc3Cl)n2)cc1Br. The van der Waals surface area contributed by atoms with Gasteiger partial charge in [-0.1, -0.05) is 17.7 Å². The van der Waals surface area contributed by atoms with E-state index in [0.29, 0.717) is 10.6 Å². The van der Waals surface area contributed by atoms with E-state index in [1.807, 2.05) is 6.92 Å². The lowest BCUT2D eigenvalue weighted by Crippen LogP contribution is -2.20. The van der Waals surface area contributed by atoms with Gasteiger partial charge >= 0.3 is 0 Å². The van der Waals surface area contributed by atoms with E-state index in [-0.39, 0.29) is 24.9 Å². The van der Waals surface area contributed by atoms with Crippen LogP contribution in [0.4, 0.5) is 10.3 Å². The van der Waals surface area contributed by atoms with Crippen LogP contribution in [0.2, 0.25) is 5.02 Å². The molecule has 25 heavy (non-hydrogen) atoms. The van der Waals surface area contributed by atoms with Crippen LogP contribution in [0, 0.1) is 12.7 Å². The first-order valence-electron chi connectivity index (χ1n) is 7.24. The van der Waals surface area contributed by atoms with Gasteiger partial charge in [0.1, 0.15) is 18.7 Å². The largest absolute Gasteiger partial charge is 0.292 e. The number of amides is 1. The molecule has 3 aromatic rings. The zero-order chi connectivity index (χ0) is 18.0. The van der Waals surface area contributed by atoms with E-state index in [0.717, 1.165) is 10.2 Å². The van der Waals surface area contributed by atoms with Crippen LogP contribution in [-0.2, 0) is 17.9 Å². The monoisotopic (exact) mass is 426 g/mol. The number of aryl methyl sites for hydroxylation is 1. The molecular formula is C15H13BrClFN6O. The number of nitrogens with zero attached hydrogens (tertiary/aromatic N) is 5. The minimum atomic E-state index is -0.423. The summed E-state index contributed by atoms with van der Waals surface area (Å²) in [6.45, 7) is 1.97. The summed E-state index contributed by atoms with van der Waals surface area (Å²) in [4.78, 5) is 16.0. The number of anilines is 1. The fraction of sp³-hybridized carbons (Fsp3) is 0.200. The van der Waals surface area contributed by atoms with Crippen LogP contribution in [0.25, 0.3) is 0 Å². The molecule has 2 heterocycles. The molecule has 0 bridgehead atoms. The second-order valence-electron chi connectivity index (χ2n) is 5.27. The molecule has 7 nitrogen and oxygen atoms in total. The first kappa shape index (κ1) is 17.6. The van der Waals surface area contributed by atoms with Gasteiger partial charge in [-0.2, -0.15) is 5.10 Å². The maximum Gasteiger partial charge on any atom is 0.248 e. The number of hydrogen-bond acceptors (Lipinski definition) is 4. The summed E-state index contributed by atoms with van der Waals surface area (Å²) in [7, 11) is 0. The molecule has 2 aromatic heterocycles. The molecule has 0 aliphatic heterocycles. The zero-order valence-electron chi connectivity index (χ0n) is 13.1. The molecule has 0 atom stereocenters. The summed E-state index contributed by atoms with van der Waals surface area (Å²) in [6, 6.07) is 4.46. The molecular weight excluding hydrogens is 415 g/mol. The van der Waals surface area contributed by atoms with Crippen molar-refractivity contribution in [2.75, 3.05) is 5.32 Å². The quantitative estimate of drug-likeness (QED) is 0.679. The minimum Gasteiger partial charge on any atom is -0.292 e. The van der Waals surface area contributed by atoms with Gasteiger partial charge in [0.25, 0.3) is 0 Å². The molecule has 0 saturated carbocycles. The molecule has 1 aromatic carbocycles. The summed E-state index contributed by atoms with van der Waals surface area (Å²) in [5.41, 5.74) is 1.10. The van der Waals surface area contributed by atoms with Crippen LogP contribution in [0.3, 0.4) is 0 Å². The standard InChI is InChI=1S/C15H13BrClFN6O/c1-9-11(16)6-23(21-9)7-14(25)20-15-19-8-24(22-15)5-10-12(17)3-2-4-13(10)18/h2-4,6,8H,5,7H2,1H3,(H,20,22,25). The summed E-state index contributed by atoms with van der Waals surface area (Å²) in [5, 5.41) is 11.2. The number of carbonyl (C=O) groups excluding carboxylic acids is 1. The third-order valence-corrected chi connectivity index (χ3v) is 4.49. The maximum absolute atomic E-state index is 13.8. The molecule has 0 aliphatic rings. The Kier molecular flexibility index (Phi) is 5.14. The number of nitrogens with one attached hydrogen (secondary N) is 1. The van der Waals surface area contributed by atoms with Crippen molar-refractivity contribution in [3.05, 3.63) is 57.3 Å². The van der Waals surface area contributed by atoms with E-state index in [2.05, 4.69) is 36.4 Å². The first-order chi connectivity index (χ1) is 11.9. The fourth-order valence-electron chi connectivity index (χ4n) is 2.16. The Hall–Kier alpha value is -2.26. The van der Waals surface area contributed by atoms with Crippen LogP contribution in [-0.4, -0.2) is 30.5 Å². The number of carbonyl (C=O) groups is 1. The zero-order valence-corrected chi connectivity index (χ0v) is 15.4. The molecule has 1 N–H and O–H groups in total. The second kappa shape index (κ2) is 7.32. The molecule has 0 radical (unpaired) electrons. The van der Waals surface area contributed by atoms with Crippen molar-refractivity contribution in [2.24, 2.45) is 0 Å². The average molecular weight is 428 g/mol. The Balaban J connectivity index is 1.64. The smallest absolute Gasteiger partial charge is 0.248 e. The van der Waals surface area contributed by atoms with Crippen molar-refractivity contribution in [2.45, 2.75) is 20.0 Å². The van der Waals surface area contributed by atoms with Crippen molar-refractivity contribution in [3.63, 3.8) is 0 Å². The third kappa shape index (κ3) is 4.23. The summed E-state index contributed by atoms with van der Waals surface area (Å²) in [6.07, 6.45) is 3.11.